The van der Waals surface area contributed by atoms with Gasteiger partial charge in [-0.2, -0.15) is 0 Å². The van der Waals surface area contributed by atoms with Crippen molar-refractivity contribution < 1.29 is 13.2 Å². The Balaban J connectivity index is 1.94. The zero-order valence-electron chi connectivity index (χ0n) is 11.7. The van der Waals surface area contributed by atoms with Gasteiger partial charge in [0.05, 0.1) is 0 Å². The van der Waals surface area contributed by atoms with Gasteiger partial charge in [0.25, 0.3) is 0 Å². The summed E-state index contributed by atoms with van der Waals surface area (Å²) in [6, 6.07) is 1.91. The molecule has 0 N–H and O–H groups in total. The fourth-order valence-corrected chi connectivity index (χ4v) is 3.07. The molecule has 1 fully saturated rings. The van der Waals surface area contributed by atoms with Gasteiger partial charge in [0.15, 0.2) is 9.84 Å². The summed E-state index contributed by atoms with van der Waals surface area (Å²) < 4.78 is 22.3. The summed E-state index contributed by atoms with van der Waals surface area (Å²) in [5, 5.41) is 0. The lowest BCUT2D eigenvalue weighted by Crippen LogP contribution is -2.41. The van der Waals surface area contributed by atoms with Crippen molar-refractivity contribution in [2.45, 2.75) is 25.7 Å². The summed E-state index contributed by atoms with van der Waals surface area (Å²) in [4.78, 5) is 22.0. The van der Waals surface area contributed by atoms with E-state index in [0.717, 1.165) is 30.6 Å². The molecule has 7 heteroatoms. The van der Waals surface area contributed by atoms with Gasteiger partial charge >= 0.3 is 0 Å². The Labute approximate surface area is 119 Å². The van der Waals surface area contributed by atoms with Gasteiger partial charge in [-0.05, 0) is 25.8 Å². The van der Waals surface area contributed by atoms with Gasteiger partial charge in [-0.1, -0.05) is 0 Å². The molecule has 20 heavy (non-hydrogen) atoms. The van der Waals surface area contributed by atoms with Gasteiger partial charge in [-0.3, -0.25) is 4.79 Å². The molecule has 2 rings (SSSR count). The number of carbonyl (C=O) groups excluding carboxylic acids is 1. The molecule has 1 aliphatic rings. The van der Waals surface area contributed by atoms with Crippen molar-refractivity contribution >= 4 is 15.7 Å². The minimum Gasteiger partial charge on any atom is -0.342 e. The van der Waals surface area contributed by atoms with Crippen molar-refractivity contribution in [3.8, 4) is 0 Å². The third-order valence-corrected chi connectivity index (χ3v) is 4.22. The lowest BCUT2D eigenvalue weighted by Gasteiger charge is -2.31. The number of hydrogen-bond acceptors (Lipinski definition) is 5. The summed E-state index contributed by atoms with van der Waals surface area (Å²) in [6.07, 6.45) is 4.46. The van der Waals surface area contributed by atoms with Crippen LogP contribution in [0.1, 0.15) is 30.3 Å². The smallest absolute Gasteiger partial charge is 0.237 e. The minimum absolute atomic E-state index is 0.301. The molecule has 1 aromatic heterocycles. The van der Waals surface area contributed by atoms with E-state index in [-0.39, 0.29) is 5.91 Å². The van der Waals surface area contributed by atoms with E-state index < -0.39 is 15.6 Å². The highest BCUT2D eigenvalue weighted by atomic mass is 32.2. The maximum Gasteiger partial charge on any atom is 0.237 e. The number of carbonyl (C=O) groups is 1. The van der Waals surface area contributed by atoms with Crippen LogP contribution in [0.4, 0.5) is 0 Å². The van der Waals surface area contributed by atoms with Gasteiger partial charge in [0.1, 0.15) is 11.6 Å². The maximum atomic E-state index is 11.8. The van der Waals surface area contributed by atoms with Crippen LogP contribution in [-0.2, 0) is 14.6 Å². The number of aromatic nitrogens is 2. The number of likely N-dealkylation sites (tertiary alicyclic amines) is 1. The first-order valence-electron chi connectivity index (χ1n) is 6.60. The number of hydrogen-bond donors (Lipinski definition) is 0. The van der Waals surface area contributed by atoms with Crippen LogP contribution >= 0.6 is 0 Å². The van der Waals surface area contributed by atoms with Crippen LogP contribution in [0.15, 0.2) is 12.3 Å². The van der Waals surface area contributed by atoms with Crippen LogP contribution in [0, 0.1) is 6.92 Å². The molecule has 0 atom stereocenters. The number of amides is 1. The highest BCUT2D eigenvalue weighted by Crippen LogP contribution is 2.26. The molecule has 0 aromatic carbocycles. The number of rotatable bonds is 3. The van der Waals surface area contributed by atoms with Crippen LogP contribution in [0.3, 0.4) is 0 Å². The van der Waals surface area contributed by atoms with Crippen LogP contribution in [-0.4, -0.2) is 54.3 Å². The van der Waals surface area contributed by atoms with Gasteiger partial charge < -0.3 is 4.90 Å². The first-order valence-corrected chi connectivity index (χ1v) is 8.66. The fraction of sp³-hybridized carbons (Fsp3) is 0.615. The molecule has 2 heterocycles. The largest absolute Gasteiger partial charge is 0.342 e. The number of aryl methyl sites for hydroxylation is 1. The Kier molecular flexibility index (Phi) is 4.37. The molecule has 1 aromatic rings. The zero-order valence-corrected chi connectivity index (χ0v) is 12.6. The van der Waals surface area contributed by atoms with Gasteiger partial charge in [-0.25, -0.2) is 18.4 Å². The first kappa shape index (κ1) is 14.9. The van der Waals surface area contributed by atoms with E-state index in [1.54, 1.807) is 11.1 Å². The molecule has 0 saturated carbocycles. The molecule has 0 radical (unpaired) electrons. The molecule has 1 amide bonds. The number of nitrogens with zero attached hydrogens (tertiary/aromatic N) is 3. The molecule has 6 nitrogen and oxygen atoms in total. The highest BCUT2D eigenvalue weighted by molar-refractivity contribution is 7.91. The van der Waals surface area contributed by atoms with E-state index >= 15 is 0 Å². The van der Waals surface area contributed by atoms with Gasteiger partial charge in [-0.15, -0.1) is 0 Å². The first-order chi connectivity index (χ1) is 9.35. The number of piperidine rings is 1. The summed E-state index contributed by atoms with van der Waals surface area (Å²) >= 11 is 0. The fourth-order valence-electron chi connectivity index (χ4n) is 2.44. The molecule has 0 aliphatic carbocycles. The predicted octanol–water partition coefficient (Wildman–Crippen LogP) is 0.536. The Morgan fingerprint density at radius 2 is 2.05 bits per heavy atom. The highest BCUT2D eigenvalue weighted by Gasteiger charge is 2.26. The summed E-state index contributed by atoms with van der Waals surface area (Å²) in [6.45, 7) is 3.03. The Morgan fingerprint density at radius 3 is 2.60 bits per heavy atom. The predicted molar refractivity (Wildman–Crippen MR) is 75.0 cm³/mol. The van der Waals surface area contributed by atoms with Crippen molar-refractivity contribution in [3.63, 3.8) is 0 Å². The van der Waals surface area contributed by atoms with Crippen molar-refractivity contribution in [2.24, 2.45) is 0 Å². The van der Waals surface area contributed by atoms with Crippen LogP contribution < -0.4 is 0 Å². The normalized spacial score (nSPS) is 17.2. The molecular formula is C13H19N3O3S. The Bertz CT molecular complexity index is 593. The summed E-state index contributed by atoms with van der Waals surface area (Å²) in [7, 11) is -3.26. The summed E-state index contributed by atoms with van der Waals surface area (Å²) in [5.74, 6) is 0.367. The van der Waals surface area contributed by atoms with Crippen molar-refractivity contribution in [2.75, 3.05) is 25.1 Å². The third kappa shape index (κ3) is 4.00. The second-order valence-corrected chi connectivity index (χ2v) is 7.39. The monoisotopic (exact) mass is 297 g/mol. The van der Waals surface area contributed by atoms with E-state index in [9.17, 15) is 13.2 Å². The van der Waals surface area contributed by atoms with E-state index in [1.165, 1.54) is 0 Å². The average Bonchev–Trinajstić information content (AvgIpc) is 2.37. The molecule has 1 aliphatic heterocycles. The van der Waals surface area contributed by atoms with E-state index in [0.29, 0.717) is 19.0 Å². The maximum absolute atomic E-state index is 11.8. The van der Waals surface area contributed by atoms with Crippen LogP contribution in [0.25, 0.3) is 0 Å². The van der Waals surface area contributed by atoms with Gasteiger partial charge in [0.2, 0.25) is 5.91 Å². The van der Waals surface area contributed by atoms with Crippen molar-refractivity contribution in [1.82, 2.24) is 14.9 Å². The number of sulfone groups is 1. The average molecular weight is 297 g/mol. The zero-order chi connectivity index (χ0) is 14.8. The molecule has 0 unspecified atom stereocenters. The lowest BCUT2D eigenvalue weighted by atomic mass is 9.93. The van der Waals surface area contributed by atoms with E-state index in [4.69, 9.17) is 0 Å². The third-order valence-electron chi connectivity index (χ3n) is 3.45. The van der Waals surface area contributed by atoms with E-state index in [2.05, 4.69) is 9.97 Å². The molecular weight excluding hydrogens is 278 g/mol. The van der Waals surface area contributed by atoms with Crippen LogP contribution in [0.5, 0.6) is 0 Å². The molecule has 0 bridgehead atoms. The van der Waals surface area contributed by atoms with Crippen LogP contribution in [0.2, 0.25) is 0 Å². The standard InChI is InChI=1S/C13H19N3O3S/c1-10-14-6-3-12(15-10)11-4-7-16(8-5-11)13(17)9-20(2,18)19/h3,6,11H,4-5,7-9H2,1-2H3. The quantitative estimate of drug-likeness (QED) is 0.813. The molecule has 110 valence electrons. The Hall–Kier alpha value is -1.50. The second kappa shape index (κ2) is 5.87. The Morgan fingerprint density at radius 1 is 1.40 bits per heavy atom. The molecule has 1 saturated heterocycles. The summed E-state index contributed by atoms with van der Waals surface area (Å²) in [5.41, 5.74) is 1.01. The second-order valence-electron chi connectivity index (χ2n) is 5.25. The minimum atomic E-state index is -3.26. The van der Waals surface area contributed by atoms with Crippen molar-refractivity contribution in [1.29, 1.82) is 0 Å². The topological polar surface area (TPSA) is 80.2 Å². The SMILES string of the molecule is Cc1nccc(C2CCN(C(=O)CS(C)(=O)=O)CC2)n1. The van der Waals surface area contributed by atoms with E-state index in [1.807, 2.05) is 13.0 Å². The van der Waals surface area contributed by atoms with Crippen molar-refractivity contribution in [3.05, 3.63) is 23.8 Å². The molecule has 0 spiro atoms. The lowest BCUT2D eigenvalue weighted by molar-refractivity contribution is -0.129. The van der Waals surface area contributed by atoms with Gasteiger partial charge in [0, 0.05) is 37.2 Å².